The van der Waals surface area contributed by atoms with Crippen molar-refractivity contribution in [2.24, 2.45) is 0 Å². The number of allylic oxidation sites excluding steroid dienone is 1. The summed E-state index contributed by atoms with van der Waals surface area (Å²) in [6.45, 7) is 0. The van der Waals surface area contributed by atoms with Gasteiger partial charge in [0.25, 0.3) is 0 Å². The second kappa shape index (κ2) is 5.94. The summed E-state index contributed by atoms with van der Waals surface area (Å²) in [5.74, 6) is 0.142. The molecule has 0 N–H and O–H groups in total. The highest BCUT2D eigenvalue weighted by atomic mass is 32.1. The summed E-state index contributed by atoms with van der Waals surface area (Å²) >= 11 is 1.58. The Hall–Kier alpha value is -2.52. The molecule has 1 aliphatic rings. The van der Waals surface area contributed by atoms with E-state index >= 15 is 0 Å². The van der Waals surface area contributed by atoms with Crippen LogP contribution in [0.5, 0.6) is 0 Å². The molecular weight excluding hydrogens is 302 g/mol. The monoisotopic (exact) mass is 317 g/mol. The van der Waals surface area contributed by atoms with E-state index in [9.17, 15) is 4.79 Å². The number of carbonyl (C=O) groups excluding carboxylic acids is 1. The largest absolute Gasteiger partial charge is 0.289 e. The summed E-state index contributed by atoms with van der Waals surface area (Å²) in [5, 5.41) is 2.94. The first kappa shape index (κ1) is 14.1. The molecule has 112 valence electrons. The van der Waals surface area contributed by atoms with Gasteiger partial charge in [-0.25, -0.2) is 4.98 Å². The molecular formula is C20H15NOS. The standard InChI is InChI=1S/C20H15NOS/c22-20-16(11-10-14-6-4-5-9-17(14)20)12-19-21-18(13-23-19)15-7-2-1-3-8-15/h1-9,12-13H,10-11H2/b16-12-. The van der Waals surface area contributed by atoms with Gasteiger partial charge in [-0.05, 0) is 24.5 Å². The molecule has 0 saturated heterocycles. The zero-order chi connectivity index (χ0) is 15.6. The fourth-order valence-corrected chi connectivity index (χ4v) is 3.68. The molecule has 1 aliphatic carbocycles. The second-order valence-electron chi connectivity index (χ2n) is 5.59. The minimum Gasteiger partial charge on any atom is -0.289 e. The van der Waals surface area contributed by atoms with Gasteiger partial charge in [-0.1, -0.05) is 54.6 Å². The van der Waals surface area contributed by atoms with Crippen LogP contribution in [-0.4, -0.2) is 10.8 Å². The number of ketones is 1. The number of thiazole rings is 1. The molecule has 0 unspecified atom stereocenters. The summed E-state index contributed by atoms with van der Waals surface area (Å²) in [7, 11) is 0. The van der Waals surface area contributed by atoms with Gasteiger partial charge in [-0.3, -0.25) is 4.79 Å². The van der Waals surface area contributed by atoms with Crippen LogP contribution in [0.15, 0.2) is 65.6 Å². The van der Waals surface area contributed by atoms with Gasteiger partial charge in [0.1, 0.15) is 5.01 Å². The Bertz CT molecular complexity index is 893. The molecule has 0 radical (unpaired) electrons. The van der Waals surface area contributed by atoms with Crippen LogP contribution in [0.25, 0.3) is 17.3 Å². The first-order valence-corrected chi connectivity index (χ1v) is 8.53. The van der Waals surface area contributed by atoms with Crippen molar-refractivity contribution in [3.05, 3.63) is 81.7 Å². The van der Waals surface area contributed by atoms with E-state index in [1.54, 1.807) is 11.3 Å². The van der Waals surface area contributed by atoms with Crippen LogP contribution in [0.4, 0.5) is 0 Å². The first-order chi connectivity index (χ1) is 11.3. The number of aryl methyl sites for hydroxylation is 1. The zero-order valence-electron chi connectivity index (χ0n) is 12.5. The second-order valence-corrected chi connectivity index (χ2v) is 6.48. The third kappa shape index (κ3) is 2.76. The van der Waals surface area contributed by atoms with Gasteiger partial charge >= 0.3 is 0 Å². The molecule has 0 bridgehead atoms. The summed E-state index contributed by atoms with van der Waals surface area (Å²) < 4.78 is 0. The lowest BCUT2D eigenvalue weighted by atomic mass is 9.87. The molecule has 3 heteroatoms. The number of rotatable bonds is 2. The summed E-state index contributed by atoms with van der Waals surface area (Å²) in [4.78, 5) is 17.3. The van der Waals surface area contributed by atoms with Crippen LogP contribution in [0, 0.1) is 0 Å². The number of Topliss-reactive ketones (excluding diaryl/α,β-unsaturated/α-hetero) is 1. The van der Waals surface area contributed by atoms with E-state index in [0.29, 0.717) is 0 Å². The fraction of sp³-hybridized carbons (Fsp3) is 0.100. The average Bonchev–Trinajstić information content (AvgIpc) is 3.07. The van der Waals surface area contributed by atoms with Crippen LogP contribution in [-0.2, 0) is 6.42 Å². The van der Waals surface area contributed by atoms with Crippen LogP contribution in [0.1, 0.15) is 27.3 Å². The summed E-state index contributed by atoms with van der Waals surface area (Å²) in [6.07, 6.45) is 3.66. The minimum absolute atomic E-state index is 0.142. The van der Waals surface area contributed by atoms with E-state index in [-0.39, 0.29) is 5.78 Å². The molecule has 1 heterocycles. The molecule has 23 heavy (non-hydrogen) atoms. The minimum atomic E-state index is 0.142. The third-order valence-corrected chi connectivity index (χ3v) is 4.90. The molecule has 0 amide bonds. The van der Waals surface area contributed by atoms with Crippen molar-refractivity contribution < 1.29 is 4.79 Å². The molecule has 3 aromatic rings. The average molecular weight is 317 g/mol. The Morgan fingerprint density at radius 1 is 0.957 bits per heavy atom. The van der Waals surface area contributed by atoms with Gasteiger partial charge in [0.15, 0.2) is 5.78 Å². The smallest absolute Gasteiger partial charge is 0.189 e. The lowest BCUT2D eigenvalue weighted by Crippen LogP contribution is -2.13. The predicted molar refractivity (Wildman–Crippen MR) is 94.6 cm³/mol. The van der Waals surface area contributed by atoms with Gasteiger partial charge in [-0.2, -0.15) is 0 Å². The van der Waals surface area contributed by atoms with E-state index in [1.807, 2.05) is 66.1 Å². The highest BCUT2D eigenvalue weighted by molar-refractivity contribution is 7.10. The maximum Gasteiger partial charge on any atom is 0.189 e. The van der Waals surface area contributed by atoms with Gasteiger partial charge in [0, 0.05) is 22.1 Å². The quantitative estimate of drug-likeness (QED) is 0.621. The van der Waals surface area contributed by atoms with E-state index in [1.165, 1.54) is 0 Å². The molecule has 0 atom stereocenters. The normalized spacial score (nSPS) is 15.7. The van der Waals surface area contributed by atoms with Crippen LogP contribution >= 0.6 is 11.3 Å². The topological polar surface area (TPSA) is 30.0 Å². The Morgan fingerprint density at radius 3 is 2.61 bits per heavy atom. The SMILES string of the molecule is O=C1/C(=C\c2nc(-c3ccccc3)cs2)CCc2ccccc21. The van der Waals surface area contributed by atoms with Gasteiger partial charge in [0.05, 0.1) is 5.69 Å². The fourth-order valence-electron chi connectivity index (χ4n) is 2.90. The Balaban J connectivity index is 1.65. The molecule has 2 nitrogen and oxygen atoms in total. The maximum atomic E-state index is 12.6. The van der Waals surface area contributed by atoms with Crippen molar-refractivity contribution in [1.29, 1.82) is 0 Å². The molecule has 0 spiro atoms. The van der Waals surface area contributed by atoms with Crippen molar-refractivity contribution in [3.63, 3.8) is 0 Å². The lowest BCUT2D eigenvalue weighted by Gasteiger charge is -2.16. The zero-order valence-corrected chi connectivity index (χ0v) is 13.3. The van der Waals surface area contributed by atoms with Crippen LogP contribution < -0.4 is 0 Å². The number of fused-ring (bicyclic) bond motifs is 1. The molecule has 4 rings (SSSR count). The number of hydrogen-bond donors (Lipinski definition) is 0. The van der Waals surface area contributed by atoms with Gasteiger partial charge < -0.3 is 0 Å². The Labute approximate surface area is 139 Å². The van der Waals surface area contributed by atoms with E-state index in [2.05, 4.69) is 4.98 Å². The maximum absolute atomic E-state index is 12.6. The molecule has 0 aliphatic heterocycles. The van der Waals surface area contributed by atoms with Crippen molar-refractivity contribution >= 4 is 23.2 Å². The molecule has 0 fully saturated rings. The number of aromatic nitrogens is 1. The van der Waals surface area contributed by atoms with Crippen molar-refractivity contribution in [2.45, 2.75) is 12.8 Å². The van der Waals surface area contributed by atoms with Crippen molar-refractivity contribution in [2.75, 3.05) is 0 Å². The summed E-state index contributed by atoms with van der Waals surface area (Å²) in [5.41, 5.74) is 4.92. The van der Waals surface area contributed by atoms with Crippen molar-refractivity contribution in [3.8, 4) is 11.3 Å². The first-order valence-electron chi connectivity index (χ1n) is 7.65. The Morgan fingerprint density at radius 2 is 1.74 bits per heavy atom. The molecule has 0 saturated carbocycles. The number of nitrogens with zero attached hydrogens (tertiary/aromatic N) is 1. The van der Waals surface area contributed by atoms with E-state index < -0.39 is 0 Å². The lowest BCUT2D eigenvalue weighted by molar-refractivity contribution is 0.102. The van der Waals surface area contributed by atoms with E-state index in [4.69, 9.17) is 0 Å². The highest BCUT2D eigenvalue weighted by Crippen LogP contribution is 2.28. The molecule has 2 aromatic carbocycles. The number of hydrogen-bond acceptors (Lipinski definition) is 3. The highest BCUT2D eigenvalue weighted by Gasteiger charge is 2.21. The Kier molecular flexibility index (Phi) is 3.64. The predicted octanol–water partition coefficient (Wildman–Crippen LogP) is 5.02. The van der Waals surface area contributed by atoms with Gasteiger partial charge in [0.2, 0.25) is 0 Å². The number of benzene rings is 2. The molecule has 1 aromatic heterocycles. The third-order valence-electron chi connectivity index (χ3n) is 4.11. The summed E-state index contributed by atoms with van der Waals surface area (Å²) in [6, 6.07) is 18.0. The van der Waals surface area contributed by atoms with Crippen LogP contribution in [0.2, 0.25) is 0 Å². The van der Waals surface area contributed by atoms with Gasteiger partial charge in [-0.15, -0.1) is 11.3 Å². The van der Waals surface area contributed by atoms with Crippen LogP contribution in [0.3, 0.4) is 0 Å². The van der Waals surface area contributed by atoms with E-state index in [0.717, 1.165) is 45.8 Å². The number of carbonyl (C=O) groups is 1. The van der Waals surface area contributed by atoms with Crippen molar-refractivity contribution in [1.82, 2.24) is 4.98 Å².